The third-order valence-electron chi connectivity index (χ3n) is 5.89. The molecule has 0 radical (unpaired) electrons. The molecular weight excluding hydrogens is 414 g/mol. The van der Waals surface area contributed by atoms with Gasteiger partial charge in [0, 0.05) is 43.4 Å². The van der Waals surface area contributed by atoms with Gasteiger partial charge in [-0.15, -0.1) is 11.3 Å². The maximum absolute atomic E-state index is 12.6. The summed E-state index contributed by atoms with van der Waals surface area (Å²) in [5, 5.41) is 9.26. The van der Waals surface area contributed by atoms with E-state index in [1.165, 1.54) is 37.7 Å². The van der Waals surface area contributed by atoms with Gasteiger partial charge in [0.25, 0.3) is 0 Å². The lowest BCUT2D eigenvalue weighted by molar-refractivity contribution is -0.139. The Morgan fingerprint density at radius 3 is 2.84 bits per heavy atom. The van der Waals surface area contributed by atoms with Gasteiger partial charge in [0.2, 0.25) is 11.8 Å². The molecule has 4 rings (SSSR count). The number of piperidine rings is 1. The summed E-state index contributed by atoms with van der Waals surface area (Å²) in [6, 6.07) is 4.58. The first-order valence-corrected chi connectivity index (χ1v) is 11.7. The molecule has 2 fully saturated rings. The molecule has 2 amide bonds. The van der Waals surface area contributed by atoms with Crippen molar-refractivity contribution in [3.05, 3.63) is 28.7 Å². The first kappa shape index (κ1) is 21.7. The third-order valence-corrected chi connectivity index (χ3v) is 6.74. The largest absolute Gasteiger partial charge is 0.375 e. The number of nitrogens with zero attached hydrogens (tertiary/aromatic N) is 3. The molecule has 2 aliphatic rings. The number of carbonyl (C=O) groups is 2. The van der Waals surface area contributed by atoms with Crippen LogP contribution in [0.4, 0.5) is 5.82 Å². The minimum atomic E-state index is -0.186. The van der Waals surface area contributed by atoms with E-state index in [9.17, 15) is 9.59 Å². The van der Waals surface area contributed by atoms with Crippen LogP contribution in [-0.4, -0.2) is 59.5 Å². The zero-order valence-electron chi connectivity index (χ0n) is 17.8. The molecule has 2 N–H and O–H groups in total. The second-order valence-electron chi connectivity index (χ2n) is 8.16. The number of pyridine rings is 1. The molecule has 0 spiro atoms. The summed E-state index contributed by atoms with van der Waals surface area (Å²) in [5.41, 5.74) is 1.83. The highest BCUT2D eigenvalue weighted by Crippen LogP contribution is 2.25. The van der Waals surface area contributed by atoms with Crippen LogP contribution >= 0.6 is 11.3 Å². The fraction of sp³-hybridized carbons (Fsp3) is 0.545. The molecule has 8 nitrogen and oxygen atoms in total. The van der Waals surface area contributed by atoms with Gasteiger partial charge in [-0.25, -0.2) is 9.97 Å². The number of thiazole rings is 1. The zero-order valence-corrected chi connectivity index (χ0v) is 18.6. The number of aromatic nitrogens is 2. The summed E-state index contributed by atoms with van der Waals surface area (Å²) < 4.78 is 4.92. The minimum absolute atomic E-state index is 0.0280. The van der Waals surface area contributed by atoms with Crippen molar-refractivity contribution < 1.29 is 14.3 Å². The highest BCUT2D eigenvalue weighted by Gasteiger charge is 2.28. The van der Waals surface area contributed by atoms with Crippen molar-refractivity contribution in [2.45, 2.75) is 44.7 Å². The summed E-state index contributed by atoms with van der Waals surface area (Å²) in [5.74, 6) is 0.627. The summed E-state index contributed by atoms with van der Waals surface area (Å²) >= 11 is 1.52. The smallest absolute Gasteiger partial charge is 0.248 e. The van der Waals surface area contributed by atoms with E-state index in [1.807, 2.05) is 23.7 Å². The Kier molecular flexibility index (Phi) is 7.14. The molecule has 31 heavy (non-hydrogen) atoms. The van der Waals surface area contributed by atoms with Crippen LogP contribution < -0.4 is 10.6 Å². The van der Waals surface area contributed by atoms with Gasteiger partial charge in [-0.05, 0) is 44.2 Å². The molecule has 2 aromatic rings. The van der Waals surface area contributed by atoms with Gasteiger partial charge >= 0.3 is 0 Å². The third kappa shape index (κ3) is 5.59. The molecule has 3 heterocycles. The number of ether oxygens (including phenoxy) is 1. The maximum atomic E-state index is 12.6. The quantitative estimate of drug-likeness (QED) is 0.651. The monoisotopic (exact) mass is 443 g/mol. The van der Waals surface area contributed by atoms with Gasteiger partial charge in [-0.2, -0.15) is 0 Å². The molecule has 1 saturated carbocycles. The van der Waals surface area contributed by atoms with Crippen LogP contribution in [0.1, 0.15) is 37.1 Å². The van der Waals surface area contributed by atoms with Crippen LogP contribution in [0.3, 0.4) is 0 Å². The van der Waals surface area contributed by atoms with Crippen molar-refractivity contribution in [2.75, 3.05) is 32.1 Å². The van der Waals surface area contributed by atoms with Gasteiger partial charge in [0.05, 0.1) is 18.2 Å². The van der Waals surface area contributed by atoms with Crippen LogP contribution in [0, 0.1) is 5.92 Å². The number of anilines is 1. The Morgan fingerprint density at radius 2 is 2.13 bits per heavy atom. The van der Waals surface area contributed by atoms with Crippen molar-refractivity contribution in [2.24, 2.45) is 5.92 Å². The number of amides is 2. The van der Waals surface area contributed by atoms with Crippen molar-refractivity contribution in [1.82, 2.24) is 20.2 Å². The summed E-state index contributed by atoms with van der Waals surface area (Å²) in [7, 11) is 1.50. The standard InChI is InChI=1S/C22H29N5O3S/c1-30-13-21(28)27-9-3-4-16(12-27)22(29)24-11-20-26-18(14-31-20)15-7-8-19(23-10-15)25-17-5-2-6-17/h7-8,10,14,16-17H,2-6,9,11-13H2,1H3,(H,23,25)(H,24,29)/t16-/m0/s1. The fourth-order valence-electron chi connectivity index (χ4n) is 3.86. The van der Waals surface area contributed by atoms with Crippen LogP contribution in [0.5, 0.6) is 0 Å². The van der Waals surface area contributed by atoms with Crippen molar-refractivity contribution >= 4 is 29.0 Å². The predicted molar refractivity (Wildman–Crippen MR) is 120 cm³/mol. The fourth-order valence-corrected chi connectivity index (χ4v) is 4.60. The SMILES string of the molecule is COCC(=O)N1CCC[C@H](C(=O)NCc2nc(-c3ccc(NC4CCC4)nc3)cs2)C1. The van der Waals surface area contributed by atoms with Gasteiger partial charge in [0.1, 0.15) is 17.4 Å². The molecule has 9 heteroatoms. The average molecular weight is 444 g/mol. The molecular formula is C22H29N5O3S. The van der Waals surface area contributed by atoms with E-state index in [0.29, 0.717) is 25.7 Å². The Labute approximate surface area is 186 Å². The van der Waals surface area contributed by atoms with E-state index in [0.717, 1.165) is 34.9 Å². The van der Waals surface area contributed by atoms with Crippen LogP contribution in [0.25, 0.3) is 11.3 Å². The van der Waals surface area contributed by atoms with E-state index >= 15 is 0 Å². The molecule has 2 aromatic heterocycles. The van der Waals surface area contributed by atoms with E-state index in [2.05, 4.69) is 20.6 Å². The number of carbonyl (C=O) groups excluding carboxylic acids is 2. The number of likely N-dealkylation sites (tertiary alicyclic amines) is 1. The van der Waals surface area contributed by atoms with Gasteiger partial charge < -0.3 is 20.3 Å². The molecule has 0 aromatic carbocycles. The molecule has 1 aliphatic heterocycles. The van der Waals surface area contributed by atoms with Gasteiger partial charge in [-0.3, -0.25) is 9.59 Å². The van der Waals surface area contributed by atoms with Crippen molar-refractivity contribution in [1.29, 1.82) is 0 Å². The van der Waals surface area contributed by atoms with E-state index in [-0.39, 0.29) is 24.3 Å². The number of methoxy groups -OCH3 is 1. The lowest BCUT2D eigenvalue weighted by Gasteiger charge is -2.31. The number of hydrogen-bond acceptors (Lipinski definition) is 7. The highest BCUT2D eigenvalue weighted by molar-refractivity contribution is 7.09. The van der Waals surface area contributed by atoms with Crippen molar-refractivity contribution in [3.63, 3.8) is 0 Å². The van der Waals surface area contributed by atoms with Crippen LogP contribution in [-0.2, 0) is 20.9 Å². The Balaban J connectivity index is 1.27. The van der Waals surface area contributed by atoms with E-state index in [1.54, 1.807) is 4.90 Å². The Bertz CT molecular complexity index is 897. The number of rotatable bonds is 8. The Hall–Kier alpha value is -2.52. The molecule has 1 atom stereocenters. The molecule has 166 valence electrons. The zero-order chi connectivity index (χ0) is 21.6. The Morgan fingerprint density at radius 1 is 1.26 bits per heavy atom. The number of hydrogen-bond donors (Lipinski definition) is 2. The topological polar surface area (TPSA) is 96.5 Å². The predicted octanol–water partition coefficient (Wildman–Crippen LogP) is 2.67. The second-order valence-corrected chi connectivity index (χ2v) is 9.10. The summed E-state index contributed by atoms with van der Waals surface area (Å²) in [6.07, 6.45) is 7.18. The van der Waals surface area contributed by atoms with Crippen molar-refractivity contribution in [3.8, 4) is 11.3 Å². The first-order chi connectivity index (χ1) is 15.1. The second kappa shape index (κ2) is 10.2. The molecule has 1 aliphatic carbocycles. The van der Waals surface area contributed by atoms with E-state index in [4.69, 9.17) is 4.74 Å². The maximum Gasteiger partial charge on any atom is 0.248 e. The lowest BCUT2D eigenvalue weighted by atomic mass is 9.93. The average Bonchev–Trinajstić information content (AvgIpc) is 3.24. The minimum Gasteiger partial charge on any atom is -0.375 e. The van der Waals surface area contributed by atoms with Crippen LogP contribution in [0.15, 0.2) is 23.7 Å². The lowest BCUT2D eigenvalue weighted by Crippen LogP contribution is -2.46. The van der Waals surface area contributed by atoms with Gasteiger partial charge in [-0.1, -0.05) is 0 Å². The molecule has 0 bridgehead atoms. The summed E-state index contributed by atoms with van der Waals surface area (Å²) in [6.45, 7) is 1.58. The highest BCUT2D eigenvalue weighted by atomic mass is 32.1. The molecule has 1 saturated heterocycles. The van der Waals surface area contributed by atoms with Gasteiger partial charge in [0.15, 0.2) is 0 Å². The number of nitrogens with one attached hydrogen (secondary N) is 2. The molecule has 0 unspecified atom stereocenters. The summed E-state index contributed by atoms with van der Waals surface area (Å²) in [4.78, 5) is 35.5. The normalized spacial score (nSPS) is 19.0. The first-order valence-electron chi connectivity index (χ1n) is 10.8. The van der Waals surface area contributed by atoms with E-state index < -0.39 is 0 Å². The van der Waals surface area contributed by atoms with Crippen LogP contribution in [0.2, 0.25) is 0 Å².